The molecule has 0 unspecified atom stereocenters. The van der Waals surface area contributed by atoms with Crippen LogP contribution in [0.25, 0.3) is 32.9 Å². The summed E-state index contributed by atoms with van der Waals surface area (Å²) in [5, 5.41) is 2.37. The first-order chi connectivity index (χ1) is 12.7. The Hall–Kier alpha value is -3.12. The van der Waals surface area contributed by atoms with Crippen LogP contribution >= 0.6 is 0 Å². The minimum atomic E-state index is -0.470. The van der Waals surface area contributed by atoms with Crippen LogP contribution in [0.4, 0.5) is 4.39 Å². The van der Waals surface area contributed by atoms with Crippen molar-refractivity contribution in [3.63, 3.8) is 0 Å². The van der Waals surface area contributed by atoms with Crippen LogP contribution in [0.15, 0.2) is 48.8 Å². The highest BCUT2D eigenvalue weighted by molar-refractivity contribution is 5.98. The van der Waals surface area contributed by atoms with Crippen molar-refractivity contribution >= 4 is 21.7 Å². The number of aromatic nitrogens is 3. The van der Waals surface area contributed by atoms with E-state index in [1.54, 1.807) is 32.5 Å². The van der Waals surface area contributed by atoms with E-state index in [1.165, 1.54) is 0 Å². The summed E-state index contributed by atoms with van der Waals surface area (Å²) < 4.78 is 25.8. The van der Waals surface area contributed by atoms with Crippen LogP contribution in [0.3, 0.4) is 0 Å². The average Bonchev–Trinajstić information content (AvgIpc) is 2.66. The largest absolute Gasteiger partial charge is 0.468 e. The number of hydrogen-bond acceptors (Lipinski definition) is 5. The number of nitrogens with zero attached hydrogens (tertiary/aromatic N) is 3. The van der Waals surface area contributed by atoms with E-state index < -0.39 is 5.82 Å². The number of ether oxygens (including phenoxy) is 2. The lowest BCUT2D eigenvalue weighted by molar-refractivity contribution is 0.0512. The van der Waals surface area contributed by atoms with Crippen molar-refractivity contribution in [3.05, 3.63) is 60.4 Å². The van der Waals surface area contributed by atoms with Gasteiger partial charge in [-0.15, -0.1) is 0 Å². The van der Waals surface area contributed by atoms with E-state index in [9.17, 15) is 0 Å². The first-order valence-corrected chi connectivity index (χ1v) is 8.10. The van der Waals surface area contributed by atoms with Crippen molar-refractivity contribution in [3.8, 4) is 17.0 Å². The fourth-order valence-electron chi connectivity index (χ4n) is 2.93. The Morgan fingerprint density at radius 2 is 1.85 bits per heavy atom. The number of pyridine rings is 1. The normalized spacial score (nSPS) is 11.2. The molecule has 0 saturated heterocycles. The molecular weight excluding hydrogens is 333 g/mol. The molecule has 0 bridgehead atoms. The van der Waals surface area contributed by atoms with Crippen molar-refractivity contribution in [2.75, 3.05) is 13.9 Å². The topological polar surface area (TPSA) is 57.1 Å². The summed E-state index contributed by atoms with van der Waals surface area (Å²) in [7, 11) is 1.55. The molecule has 0 spiro atoms. The minimum absolute atomic E-state index is 0.109. The van der Waals surface area contributed by atoms with Gasteiger partial charge in [-0.3, -0.25) is 4.98 Å². The summed E-state index contributed by atoms with van der Waals surface area (Å²) in [5.74, 6) is 0.623. The molecule has 0 aliphatic carbocycles. The van der Waals surface area contributed by atoms with Crippen LogP contribution in [0.2, 0.25) is 0 Å². The quantitative estimate of drug-likeness (QED) is 0.515. The molecule has 130 valence electrons. The minimum Gasteiger partial charge on any atom is -0.468 e. The predicted octanol–water partition coefficient (Wildman–Crippen LogP) is 4.28. The highest BCUT2D eigenvalue weighted by Crippen LogP contribution is 2.34. The zero-order valence-corrected chi connectivity index (χ0v) is 14.4. The van der Waals surface area contributed by atoms with Gasteiger partial charge in [-0.25, -0.2) is 14.4 Å². The monoisotopic (exact) mass is 349 g/mol. The van der Waals surface area contributed by atoms with Gasteiger partial charge < -0.3 is 9.47 Å². The molecule has 2 aromatic heterocycles. The molecule has 26 heavy (non-hydrogen) atoms. The second kappa shape index (κ2) is 6.65. The molecule has 4 rings (SSSR count). The van der Waals surface area contributed by atoms with Crippen LogP contribution in [0.5, 0.6) is 5.75 Å². The molecular formula is C20H16FN3O2. The molecule has 0 fully saturated rings. The third kappa shape index (κ3) is 2.84. The Kier molecular flexibility index (Phi) is 4.18. The molecule has 4 aromatic rings. The molecule has 2 aromatic carbocycles. The first-order valence-electron chi connectivity index (χ1n) is 8.10. The molecule has 0 radical (unpaired) electrons. The molecule has 6 heteroatoms. The molecule has 0 aliphatic heterocycles. The molecule has 2 heterocycles. The number of aryl methyl sites for hydroxylation is 1. The lowest BCUT2D eigenvalue weighted by atomic mass is 10.0. The Bertz CT molecular complexity index is 1110. The Morgan fingerprint density at radius 1 is 1.04 bits per heavy atom. The highest BCUT2D eigenvalue weighted by atomic mass is 19.1. The number of rotatable bonds is 4. The van der Waals surface area contributed by atoms with Crippen LogP contribution in [0, 0.1) is 12.7 Å². The maximum Gasteiger partial charge on any atom is 0.188 e. The lowest BCUT2D eigenvalue weighted by Gasteiger charge is -2.12. The van der Waals surface area contributed by atoms with Gasteiger partial charge >= 0.3 is 0 Å². The zero-order chi connectivity index (χ0) is 18.1. The third-order valence-electron chi connectivity index (χ3n) is 4.12. The summed E-state index contributed by atoms with van der Waals surface area (Å²) in [4.78, 5) is 12.7. The van der Waals surface area contributed by atoms with E-state index in [-0.39, 0.29) is 18.0 Å². The second-order valence-electron chi connectivity index (χ2n) is 5.88. The van der Waals surface area contributed by atoms with Crippen molar-refractivity contribution in [1.82, 2.24) is 15.0 Å². The van der Waals surface area contributed by atoms with Crippen molar-refractivity contribution in [2.45, 2.75) is 6.92 Å². The molecule has 0 N–H and O–H groups in total. The van der Waals surface area contributed by atoms with Gasteiger partial charge in [0.25, 0.3) is 0 Å². The Labute approximate surface area is 149 Å². The SMILES string of the molecule is COCOc1cc(-c2ncc3cnc(C)nc3c2F)c2ccccc2c1. The highest BCUT2D eigenvalue weighted by Gasteiger charge is 2.16. The predicted molar refractivity (Wildman–Crippen MR) is 97.5 cm³/mol. The zero-order valence-electron chi connectivity index (χ0n) is 14.4. The lowest BCUT2D eigenvalue weighted by Crippen LogP contribution is -2.00. The van der Waals surface area contributed by atoms with Crippen molar-refractivity contribution < 1.29 is 13.9 Å². The Balaban J connectivity index is 1.98. The van der Waals surface area contributed by atoms with Crippen molar-refractivity contribution in [2.24, 2.45) is 0 Å². The summed E-state index contributed by atoms with van der Waals surface area (Å²) in [6, 6.07) is 11.4. The van der Waals surface area contributed by atoms with E-state index in [0.29, 0.717) is 22.5 Å². The van der Waals surface area contributed by atoms with Crippen LogP contribution in [0.1, 0.15) is 5.82 Å². The van der Waals surface area contributed by atoms with Crippen LogP contribution in [-0.2, 0) is 4.74 Å². The summed E-state index contributed by atoms with van der Waals surface area (Å²) in [5.41, 5.74) is 1.13. The molecule has 0 aliphatic rings. The molecule has 0 amide bonds. The number of methoxy groups -OCH3 is 1. The van der Waals surface area contributed by atoms with E-state index in [2.05, 4.69) is 15.0 Å². The van der Waals surface area contributed by atoms with Gasteiger partial charge in [0, 0.05) is 30.5 Å². The summed E-state index contributed by atoms with van der Waals surface area (Å²) >= 11 is 0. The molecule has 0 atom stereocenters. The van der Waals surface area contributed by atoms with E-state index in [1.807, 2.05) is 30.3 Å². The summed E-state index contributed by atoms with van der Waals surface area (Å²) in [6.07, 6.45) is 3.17. The van der Waals surface area contributed by atoms with E-state index in [0.717, 1.165) is 10.8 Å². The maximum atomic E-state index is 15.2. The number of halogens is 1. The van der Waals surface area contributed by atoms with E-state index in [4.69, 9.17) is 9.47 Å². The molecule has 0 saturated carbocycles. The Morgan fingerprint density at radius 3 is 2.69 bits per heavy atom. The van der Waals surface area contributed by atoms with Crippen molar-refractivity contribution in [1.29, 1.82) is 0 Å². The van der Waals surface area contributed by atoms with Gasteiger partial charge in [-0.1, -0.05) is 24.3 Å². The number of hydrogen-bond donors (Lipinski definition) is 0. The van der Waals surface area contributed by atoms with E-state index >= 15 is 4.39 Å². The fourth-order valence-corrected chi connectivity index (χ4v) is 2.93. The maximum absolute atomic E-state index is 15.2. The number of fused-ring (bicyclic) bond motifs is 2. The smallest absolute Gasteiger partial charge is 0.188 e. The van der Waals surface area contributed by atoms with Gasteiger partial charge in [0.1, 0.15) is 22.8 Å². The van der Waals surface area contributed by atoms with Gasteiger partial charge in [0.15, 0.2) is 12.6 Å². The third-order valence-corrected chi connectivity index (χ3v) is 4.12. The average molecular weight is 349 g/mol. The van der Waals surface area contributed by atoms with Gasteiger partial charge in [0.05, 0.1) is 0 Å². The standard InChI is InChI=1S/C20H16FN3O2/c1-12-22-9-14-10-23-20(18(21)19(14)24-12)17-8-15(26-11-25-2)7-13-5-3-4-6-16(13)17/h3-10H,11H2,1-2H3. The fraction of sp³-hybridized carbons (Fsp3) is 0.150. The summed E-state index contributed by atoms with van der Waals surface area (Å²) in [6.45, 7) is 1.84. The second-order valence-corrected chi connectivity index (χ2v) is 5.88. The van der Waals surface area contributed by atoms with Gasteiger partial charge in [-0.05, 0) is 29.8 Å². The van der Waals surface area contributed by atoms with Gasteiger partial charge in [-0.2, -0.15) is 0 Å². The number of benzene rings is 2. The molecule has 5 nitrogen and oxygen atoms in total. The first kappa shape index (κ1) is 16.4. The van der Waals surface area contributed by atoms with Crippen LogP contribution < -0.4 is 4.74 Å². The van der Waals surface area contributed by atoms with Crippen LogP contribution in [-0.4, -0.2) is 28.9 Å². The van der Waals surface area contributed by atoms with Gasteiger partial charge in [0.2, 0.25) is 0 Å².